The second-order valence-corrected chi connectivity index (χ2v) is 8.36. The molecule has 5 heterocycles. The lowest BCUT2D eigenvalue weighted by atomic mass is 9.77. The first kappa shape index (κ1) is 18.4. The molecule has 1 aromatic carbocycles. The van der Waals surface area contributed by atoms with Crippen molar-refractivity contribution in [2.75, 3.05) is 13.3 Å². The van der Waals surface area contributed by atoms with Gasteiger partial charge in [-0.15, -0.1) is 0 Å². The zero-order valence-electron chi connectivity index (χ0n) is 16.7. The van der Waals surface area contributed by atoms with Crippen LogP contribution in [0, 0.1) is 11.8 Å². The third kappa shape index (κ3) is 2.90. The van der Waals surface area contributed by atoms with Crippen molar-refractivity contribution in [3.63, 3.8) is 0 Å². The topological polar surface area (TPSA) is 90.0 Å². The van der Waals surface area contributed by atoms with Crippen LogP contribution in [-0.2, 0) is 27.4 Å². The summed E-state index contributed by atoms with van der Waals surface area (Å²) < 4.78 is 17.0. The van der Waals surface area contributed by atoms with Gasteiger partial charge < -0.3 is 24.4 Å². The van der Waals surface area contributed by atoms with Crippen LogP contribution in [-0.4, -0.2) is 46.7 Å². The highest BCUT2D eigenvalue weighted by molar-refractivity contribution is 5.93. The molecule has 0 saturated carbocycles. The van der Waals surface area contributed by atoms with E-state index in [9.17, 15) is 9.59 Å². The van der Waals surface area contributed by atoms with Crippen LogP contribution in [0.5, 0.6) is 11.5 Å². The van der Waals surface area contributed by atoms with E-state index >= 15 is 0 Å². The Hall–Kier alpha value is -3.39. The van der Waals surface area contributed by atoms with Gasteiger partial charge in [0.25, 0.3) is 0 Å². The van der Waals surface area contributed by atoms with Gasteiger partial charge in [0.05, 0.1) is 24.5 Å². The van der Waals surface area contributed by atoms with Crippen LogP contribution in [0.2, 0.25) is 0 Å². The number of rotatable bonds is 5. The fourth-order valence-electron chi connectivity index (χ4n) is 5.08. The summed E-state index contributed by atoms with van der Waals surface area (Å²) in [4.78, 5) is 32.2. The van der Waals surface area contributed by atoms with Crippen LogP contribution in [0.3, 0.4) is 0 Å². The molecule has 2 amide bonds. The molecule has 1 aromatic heterocycles. The number of amides is 2. The Kier molecular flexibility index (Phi) is 4.04. The molecule has 4 aliphatic rings. The first-order valence-corrected chi connectivity index (χ1v) is 10.3. The molecule has 2 saturated heterocycles. The van der Waals surface area contributed by atoms with Crippen LogP contribution in [0.15, 0.2) is 54.9 Å². The van der Waals surface area contributed by atoms with E-state index < -0.39 is 17.4 Å². The number of nitrogens with zero attached hydrogens (tertiary/aromatic N) is 2. The summed E-state index contributed by atoms with van der Waals surface area (Å²) in [6.45, 7) is 1.47. The van der Waals surface area contributed by atoms with Crippen molar-refractivity contribution in [3.8, 4) is 11.5 Å². The SMILES string of the molecule is O=C(NCc1ccncc1)C1C2C(=O)N(Cc3ccc4c(c3)OCO4)C[C@]23C=C[C@@H]1O3. The summed E-state index contributed by atoms with van der Waals surface area (Å²) in [5, 5.41) is 2.97. The zero-order valence-corrected chi connectivity index (χ0v) is 16.7. The molecule has 4 atom stereocenters. The summed E-state index contributed by atoms with van der Waals surface area (Å²) in [7, 11) is 0. The molecular weight excluding hydrogens is 398 g/mol. The van der Waals surface area contributed by atoms with Gasteiger partial charge in [-0.1, -0.05) is 18.2 Å². The quantitative estimate of drug-likeness (QED) is 0.737. The lowest BCUT2D eigenvalue weighted by molar-refractivity contribution is -0.137. The van der Waals surface area contributed by atoms with Gasteiger partial charge in [-0.2, -0.15) is 0 Å². The molecule has 0 aliphatic carbocycles. The van der Waals surface area contributed by atoms with E-state index in [1.807, 2.05) is 42.5 Å². The molecule has 6 rings (SSSR count). The van der Waals surface area contributed by atoms with Crippen LogP contribution in [0.1, 0.15) is 11.1 Å². The molecule has 2 bridgehead atoms. The summed E-state index contributed by atoms with van der Waals surface area (Å²) in [5.74, 6) is 0.163. The Balaban J connectivity index is 1.19. The number of nitrogens with one attached hydrogen (secondary N) is 1. The van der Waals surface area contributed by atoms with Gasteiger partial charge in [0.1, 0.15) is 5.60 Å². The Bertz CT molecular complexity index is 1090. The maximum absolute atomic E-state index is 13.4. The van der Waals surface area contributed by atoms with E-state index in [4.69, 9.17) is 14.2 Å². The van der Waals surface area contributed by atoms with Crippen LogP contribution in [0.25, 0.3) is 0 Å². The lowest BCUT2D eigenvalue weighted by Crippen LogP contribution is -2.43. The summed E-state index contributed by atoms with van der Waals surface area (Å²) in [6.07, 6.45) is 6.90. The highest BCUT2D eigenvalue weighted by Crippen LogP contribution is 2.52. The van der Waals surface area contributed by atoms with Crippen molar-refractivity contribution >= 4 is 11.8 Å². The number of ether oxygens (including phenoxy) is 3. The largest absolute Gasteiger partial charge is 0.454 e. The molecule has 1 spiro atoms. The first-order chi connectivity index (χ1) is 15.1. The zero-order chi connectivity index (χ0) is 21.0. The monoisotopic (exact) mass is 419 g/mol. The molecule has 158 valence electrons. The van der Waals surface area contributed by atoms with Crippen molar-refractivity contribution < 1.29 is 23.8 Å². The highest BCUT2D eigenvalue weighted by atomic mass is 16.7. The van der Waals surface area contributed by atoms with E-state index in [2.05, 4.69) is 10.3 Å². The Morgan fingerprint density at radius 3 is 2.87 bits per heavy atom. The number of hydrogen-bond acceptors (Lipinski definition) is 6. The smallest absolute Gasteiger partial charge is 0.231 e. The van der Waals surface area contributed by atoms with E-state index in [-0.39, 0.29) is 24.7 Å². The molecule has 8 nitrogen and oxygen atoms in total. The molecule has 2 unspecified atom stereocenters. The Labute approximate surface area is 178 Å². The fraction of sp³-hybridized carbons (Fsp3) is 0.348. The van der Waals surface area contributed by atoms with E-state index in [0.29, 0.717) is 31.1 Å². The predicted molar refractivity (Wildman–Crippen MR) is 108 cm³/mol. The minimum Gasteiger partial charge on any atom is -0.454 e. The molecule has 1 N–H and O–H groups in total. The maximum Gasteiger partial charge on any atom is 0.231 e. The molecule has 4 aliphatic heterocycles. The molecule has 8 heteroatoms. The second-order valence-electron chi connectivity index (χ2n) is 8.36. The van der Waals surface area contributed by atoms with Crippen molar-refractivity contribution in [1.29, 1.82) is 0 Å². The lowest BCUT2D eigenvalue weighted by Gasteiger charge is -2.23. The van der Waals surface area contributed by atoms with Gasteiger partial charge in [0, 0.05) is 25.5 Å². The third-order valence-corrected chi connectivity index (χ3v) is 6.51. The number of hydrogen-bond donors (Lipinski definition) is 1. The van der Waals surface area contributed by atoms with Gasteiger partial charge in [-0.25, -0.2) is 0 Å². The summed E-state index contributed by atoms with van der Waals surface area (Å²) in [6, 6.07) is 9.39. The number of fused-ring (bicyclic) bond motifs is 2. The molecule has 0 radical (unpaired) electrons. The Morgan fingerprint density at radius 1 is 1.16 bits per heavy atom. The van der Waals surface area contributed by atoms with E-state index in [1.165, 1.54) is 0 Å². The minimum atomic E-state index is -0.725. The van der Waals surface area contributed by atoms with Crippen LogP contribution in [0.4, 0.5) is 0 Å². The molecule has 31 heavy (non-hydrogen) atoms. The summed E-state index contributed by atoms with van der Waals surface area (Å²) >= 11 is 0. The van der Waals surface area contributed by atoms with Gasteiger partial charge >= 0.3 is 0 Å². The maximum atomic E-state index is 13.4. The van der Waals surface area contributed by atoms with Gasteiger partial charge in [0.15, 0.2) is 11.5 Å². The van der Waals surface area contributed by atoms with Gasteiger partial charge in [-0.3, -0.25) is 14.6 Å². The minimum absolute atomic E-state index is 0.0476. The average Bonchev–Trinajstić information content (AvgIpc) is 3.54. The normalized spacial score (nSPS) is 29.5. The van der Waals surface area contributed by atoms with Crippen molar-refractivity contribution in [1.82, 2.24) is 15.2 Å². The third-order valence-electron chi connectivity index (χ3n) is 6.51. The molecule has 2 aromatic rings. The number of aromatic nitrogens is 1. The van der Waals surface area contributed by atoms with Crippen molar-refractivity contribution in [3.05, 3.63) is 66.0 Å². The number of carbonyl (C=O) groups excluding carboxylic acids is 2. The predicted octanol–water partition coefficient (Wildman–Crippen LogP) is 1.41. The molecule has 2 fully saturated rings. The number of benzene rings is 1. The second kappa shape index (κ2) is 6.81. The summed E-state index contributed by atoms with van der Waals surface area (Å²) in [5.41, 5.74) is 1.18. The van der Waals surface area contributed by atoms with E-state index in [1.54, 1.807) is 17.3 Å². The highest BCUT2D eigenvalue weighted by Gasteiger charge is 2.66. The van der Waals surface area contributed by atoms with Crippen molar-refractivity contribution in [2.24, 2.45) is 11.8 Å². The number of pyridine rings is 1. The average molecular weight is 419 g/mol. The Morgan fingerprint density at radius 2 is 2.00 bits per heavy atom. The molecular formula is C23H21N3O5. The van der Waals surface area contributed by atoms with E-state index in [0.717, 1.165) is 11.1 Å². The van der Waals surface area contributed by atoms with Crippen molar-refractivity contribution in [2.45, 2.75) is 24.8 Å². The standard InChI is InChI=1S/C23H21N3O5/c27-21(25-10-14-4-7-24-8-5-14)19-17-3-6-23(31-17)12-26(22(28)20(19)23)11-15-1-2-16-18(9-15)30-13-29-16/h1-9,17,19-20H,10-13H2,(H,25,27)/t17-,19?,20?,23+/m0/s1. The van der Waals surface area contributed by atoms with Gasteiger partial charge in [-0.05, 0) is 35.4 Å². The number of carbonyl (C=O) groups is 2. The van der Waals surface area contributed by atoms with Gasteiger partial charge in [0.2, 0.25) is 18.6 Å². The first-order valence-electron chi connectivity index (χ1n) is 10.3. The number of likely N-dealkylation sites (tertiary alicyclic amines) is 1. The van der Waals surface area contributed by atoms with Crippen LogP contribution >= 0.6 is 0 Å². The fourth-order valence-corrected chi connectivity index (χ4v) is 5.08. The van der Waals surface area contributed by atoms with Crippen LogP contribution < -0.4 is 14.8 Å².